The molecule has 1 fully saturated rings. The van der Waals surface area contributed by atoms with E-state index in [-0.39, 0.29) is 10.9 Å². The minimum atomic E-state index is -3.63. The van der Waals surface area contributed by atoms with Crippen molar-refractivity contribution in [3.05, 3.63) is 18.2 Å². The van der Waals surface area contributed by atoms with Crippen molar-refractivity contribution in [2.24, 2.45) is 11.8 Å². The maximum Gasteiger partial charge on any atom is 0.244 e. The molecule has 21 heavy (non-hydrogen) atoms. The zero-order chi connectivity index (χ0) is 15.6. The average Bonchev–Trinajstić information content (AvgIpc) is 2.72. The van der Waals surface area contributed by atoms with Gasteiger partial charge in [0.25, 0.3) is 0 Å². The van der Waals surface area contributed by atoms with Crippen molar-refractivity contribution in [2.45, 2.75) is 44.6 Å². The number of benzene rings is 1. The normalized spacial score (nSPS) is 26.0. The summed E-state index contributed by atoms with van der Waals surface area (Å²) < 4.78 is 33.5. The van der Waals surface area contributed by atoms with E-state index in [1.807, 2.05) is 6.92 Å². The minimum absolute atomic E-state index is 0.0269. The van der Waals surface area contributed by atoms with Crippen LogP contribution in [-0.2, 0) is 10.0 Å². The largest absolute Gasteiger partial charge is 0.492 e. The van der Waals surface area contributed by atoms with E-state index in [0.717, 1.165) is 12.8 Å². The lowest BCUT2D eigenvalue weighted by atomic mass is 9.98. The van der Waals surface area contributed by atoms with Crippen LogP contribution in [0.2, 0.25) is 0 Å². The fraction of sp³-hybridized carbons (Fsp3) is 0.600. The lowest BCUT2D eigenvalue weighted by Crippen LogP contribution is -2.37. The van der Waals surface area contributed by atoms with Crippen LogP contribution in [-0.4, -0.2) is 21.1 Å². The van der Waals surface area contributed by atoms with Crippen LogP contribution < -0.4 is 15.2 Å². The number of nitrogens with one attached hydrogen (secondary N) is 1. The highest BCUT2D eigenvalue weighted by atomic mass is 32.2. The summed E-state index contributed by atoms with van der Waals surface area (Å²) >= 11 is 0. The van der Waals surface area contributed by atoms with Gasteiger partial charge in [0.05, 0.1) is 6.61 Å². The quantitative estimate of drug-likeness (QED) is 0.818. The van der Waals surface area contributed by atoms with Crippen LogP contribution in [0.15, 0.2) is 23.1 Å². The van der Waals surface area contributed by atoms with Crippen molar-refractivity contribution in [3.63, 3.8) is 0 Å². The number of rotatable bonds is 5. The lowest BCUT2D eigenvalue weighted by Gasteiger charge is -2.20. The number of anilines is 1. The molecule has 0 radical (unpaired) electrons. The molecule has 118 valence electrons. The van der Waals surface area contributed by atoms with Crippen LogP contribution in [0.4, 0.5) is 5.69 Å². The Labute approximate surface area is 126 Å². The highest BCUT2D eigenvalue weighted by Crippen LogP contribution is 2.33. The Kier molecular flexibility index (Phi) is 4.78. The number of hydrogen-bond acceptors (Lipinski definition) is 4. The molecule has 0 bridgehead atoms. The van der Waals surface area contributed by atoms with E-state index in [9.17, 15) is 8.42 Å². The monoisotopic (exact) mass is 312 g/mol. The van der Waals surface area contributed by atoms with E-state index in [1.165, 1.54) is 6.07 Å². The lowest BCUT2D eigenvalue weighted by molar-refractivity contribution is 0.330. The third-order valence-electron chi connectivity index (χ3n) is 4.33. The Morgan fingerprint density at radius 3 is 2.62 bits per heavy atom. The Balaban J connectivity index is 2.29. The van der Waals surface area contributed by atoms with Gasteiger partial charge in [-0.05, 0) is 49.8 Å². The SMILES string of the molecule is CCOc1ccc(N)cc1S(=O)(=O)NC1CCC(C)C1C. The second-order valence-corrected chi connectivity index (χ2v) is 7.46. The Hall–Kier alpha value is -1.27. The molecule has 3 unspecified atom stereocenters. The fourth-order valence-corrected chi connectivity index (χ4v) is 4.34. The van der Waals surface area contributed by atoms with Crippen molar-refractivity contribution in [1.29, 1.82) is 0 Å². The number of nitrogen functional groups attached to an aromatic ring is 1. The fourth-order valence-electron chi connectivity index (χ4n) is 2.80. The summed E-state index contributed by atoms with van der Waals surface area (Å²) in [7, 11) is -3.63. The number of hydrogen-bond donors (Lipinski definition) is 2. The van der Waals surface area contributed by atoms with E-state index < -0.39 is 10.0 Å². The second-order valence-electron chi connectivity index (χ2n) is 5.78. The predicted molar refractivity (Wildman–Crippen MR) is 83.7 cm³/mol. The number of ether oxygens (including phenoxy) is 1. The summed E-state index contributed by atoms with van der Waals surface area (Å²) in [5.41, 5.74) is 6.14. The highest BCUT2D eigenvalue weighted by Gasteiger charge is 2.34. The molecule has 5 nitrogen and oxygen atoms in total. The first kappa shape index (κ1) is 16.1. The van der Waals surface area contributed by atoms with Gasteiger partial charge in [0.2, 0.25) is 10.0 Å². The summed E-state index contributed by atoms with van der Waals surface area (Å²) in [4.78, 5) is 0.121. The zero-order valence-electron chi connectivity index (χ0n) is 12.8. The van der Waals surface area contributed by atoms with Gasteiger partial charge < -0.3 is 10.5 Å². The summed E-state index contributed by atoms with van der Waals surface area (Å²) in [6.45, 7) is 6.48. The first-order chi connectivity index (χ1) is 9.85. The molecule has 1 saturated carbocycles. The Morgan fingerprint density at radius 2 is 2.05 bits per heavy atom. The smallest absolute Gasteiger partial charge is 0.244 e. The molecule has 0 aromatic heterocycles. The molecule has 0 aliphatic heterocycles. The zero-order valence-corrected chi connectivity index (χ0v) is 13.6. The van der Waals surface area contributed by atoms with Crippen LogP contribution in [0.25, 0.3) is 0 Å². The topological polar surface area (TPSA) is 81.4 Å². The third kappa shape index (κ3) is 3.49. The highest BCUT2D eigenvalue weighted by molar-refractivity contribution is 7.89. The van der Waals surface area contributed by atoms with Gasteiger partial charge in [-0.1, -0.05) is 13.8 Å². The second kappa shape index (κ2) is 6.23. The Morgan fingerprint density at radius 1 is 1.33 bits per heavy atom. The van der Waals surface area contributed by atoms with Gasteiger partial charge in [0.15, 0.2) is 0 Å². The molecule has 0 spiro atoms. The number of sulfonamides is 1. The summed E-state index contributed by atoms with van der Waals surface area (Å²) in [6.07, 6.45) is 1.91. The molecule has 3 N–H and O–H groups in total. The molecular formula is C15H24N2O3S. The molecule has 0 saturated heterocycles. The molecule has 2 rings (SSSR count). The van der Waals surface area contributed by atoms with Gasteiger partial charge in [-0.15, -0.1) is 0 Å². The van der Waals surface area contributed by atoms with Crippen LogP contribution in [0.3, 0.4) is 0 Å². The van der Waals surface area contributed by atoms with Crippen LogP contribution >= 0.6 is 0 Å². The molecule has 0 heterocycles. The van der Waals surface area contributed by atoms with Gasteiger partial charge >= 0.3 is 0 Å². The van der Waals surface area contributed by atoms with Gasteiger partial charge in [-0.2, -0.15) is 0 Å². The third-order valence-corrected chi connectivity index (χ3v) is 5.84. The molecular weight excluding hydrogens is 288 g/mol. The molecule has 1 aromatic rings. The van der Waals surface area contributed by atoms with Gasteiger partial charge in [-0.3, -0.25) is 0 Å². The summed E-state index contributed by atoms with van der Waals surface area (Å²) in [5.74, 6) is 1.21. The average molecular weight is 312 g/mol. The summed E-state index contributed by atoms with van der Waals surface area (Å²) in [6, 6.07) is 4.68. The predicted octanol–water partition coefficient (Wildman–Crippen LogP) is 2.38. The van der Waals surface area contributed by atoms with Crippen molar-refractivity contribution >= 4 is 15.7 Å². The molecule has 1 aliphatic carbocycles. The van der Waals surface area contributed by atoms with E-state index in [0.29, 0.717) is 29.9 Å². The van der Waals surface area contributed by atoms with Crippen molar-refractivity contribution in [3.8, 4) is 5.75 Å². The van der Waals surface area contributed by atoms with E-state index in [4.69, 9.17) is 10.5 Å². The molecule has 3 atom stereocenters. The standard InChI is InChI=1S/C15H24N2O3S/c1-4-20-14-8-6-12(16)9-15(14)21(18,19)17-13-7-5-10(2)11(13)3/h6,8-11,13,17H,4-5,7,16H2,1-3H3. The van der Waals surface area contributed by atoms with Crippen LogP contribution in [0.1, 0.15) is 33.6 Å². The van der Waals surface area contributed by atoms with Gasteiger partial charge in [0, 0.05) is 11.7 Å². The van der Waals surface area contributed by atoms with E-state index >= 15 is 0 Å². The number of nitrogens with two attached hydrogens (primary N) is 1. The molecule has 0 amide bonds. The maximum absolute atomic E-state index is 12.6. The van der Waals surface area contributed by atoms with Gasteiger partial charge in [0.1, 0.15) is 10.6 Å². The van der Waals surface area contributed by atoms with Crippen LogP contribution in [0, 0.1) is 11.8 Å². The van der Waals surface area contributed by atoms with Gasteiger partial charge in [-0.25, -0.2) is 13.1 Å². The first-order valence-electron chi connectivity index (χ1n) is 7.39. The molecule has 1 aliphatic rings. The molecule has 1 aromatic carbocycles. The summed E-state index contributed by atoms with van der Waals surface area (Å²) in [5, 5.41) is 0. The van der Waals surface area contributed by atoms with E-state index in [1.54, 1.807) is 12.1 Å². The molecule has 6 heteroatoms. The van der Waals surface area contributed by atoms with Crippen molar-refractivity contribution in [2.75, 3.05) is 12.3 Å². The van der Waals surface area contributed by atoms with Crippen molar-refractivity contribution < 1.29 is 13.2 Å². The Bertz CT molecular complexity index is 601. The van der Waals surface area contributed by atoms with Crippen LogP contribution in [0.5, 0.6) is 5.75 Å². The first-order valence-corrected chi connectivity index (χ1v) is 8.88. The van der Waals surface area contributed by atoms with Crippen molar-refractivity contribution in [1.82, 2.24) is 4.72 Å². The van der Waals surface area contributed by atoms with E-state index in [2.05, 4.69) is 18.6 Å². The minimum Gasteiger partial charge on any atom is -0.492 e. The maximum atomic E-state index is 12.6.